The molecule has 0 bridgehead atoms. The molecule has 0 unspecified atom stereocenters. The first-order valence-corrected chi connectivity index (χ1v) is 13.3. The molecule has 2 amide bonds. The zero-order chi connectivity index (χ0) is 19.3. The van der Waals surface area contributed by atoms with E-state index < -0.39 is 8.07 Å². The molecule has 2 aromatic rings. The Labute approximate surface area is 161 Å². The number of amides is 2. The highest BCUT2D eigenvalue weighted by molar-refractivity contribution is 6.76. The Hall–Kier alpha value is -1.97. The number of nitrogens with zero attached hydrogens (tertiary/aromatic N) is 3. The third kappa shape index (κ3) is 6.01. The second kappa shape index (κ2) is 8.81. The SMILES string of the molecule is C[Si](C)(C)CCOCn1ccc2nc(NC(=O)N[C@@H]3CCCNC3)cnc21. The molecular weight excluding hydrogens is 360 g/mol. The number of ether oxygens (including phenoxy) is 1. The molecule has 27 heavy (non-hydrogen) atoms. The van der Waals surface area contributed by atoms with Crippen molar-refractivity contribution in [2.24, 2.45) is 0 Å². The van der Waals surface area contributed by atoms with Crippen molar-refractivity contribution in [2.75, 3.05) is 25.0 Å². The maximum atomic E-state index is 12.1. The smallest absolute Gasteiger partial charge is 0.320 e. The van der Waals surface area contributed by atoms with Crippen LogP contribution in [-0.2, 0) is 11.5 Å². The Morgan fingerprint density at radius 1 is 1.44 bits per heavy atom. The van der Waals surface area contributed by atoms with Crippen LogP contribution in [-0.4, -0.2) is 54.4 Å². The average molecular weight is 391 g/mol. The summed E-state index contributed by atoms with van der Waals surface area (Å²) in [5.41, 5.74) is 1.49. The third-order valence-electron chi connectivity index (χ3n) is 4.56. The van der Waals surface area contributed by atoms with Crippen LogP contribution in [0.1, 0.15) is 12.8 Å². The summed E-state index contributed by atoms with van der Waals surface area (Å²) in [5, 5.41) is 9.01. The van der Waals surface area contributed by atoms with Gasteiger partial charge in [-0.1, -0.05) is 19.6 Å². The maximum Gasteiger partial charge on any atom is 0.320 e. The number of rotatable bonds is 7. The van der Waals surface area contributed by atoms with Crippen molar-refractivity contribution >= 4 is 31.1 Å². The zero-order valence-electron chi connectivity index (χ0n) is 16.4. The quantitative estimate of drug-likeness (QED) is 0.499. The lowest BCUT2D eigenvalue weighted by molar-refractivity contribution is 0.0899. The van der Waals surface area contributed by atoms with Gasteiger partial charge in [-0.25, -0.2) is 14.8 Å². The number of fused-ring (bicyclic) bond motifs is 1. The summed E-state index contributed by atoms with van der Waals surface area (Å²) in [4.78, 5) is 21.1. The monoisotopic (exact) mass is 390 g/mol. The van der Waals surface area contributed by atoms with E-state index in [4.69, 9.17) is 4.74 Å². The number of carbonyl (C=O) groups excluding carboxylic acids is 1. The van der Waals surface area contributed by atoms with Crippen LogP contribution in [0.15, 0.2) is 18.5 Å². The van der Waals surface area contributed by atoms with Crippen molar-refractivity contribution in [1.82, 2.24) is 25.2 Å². The van der Waals surface area contributed by atoms with E-state index in [9.17, 15) is 4.79 Å². The van der Waals surface area contributed by atoms with Crippen LogP contribution in [0.2, 0.25) is 25.7 Å². The van der Waals surface area contributed by atoms with Crippen molar-refractivity contribution in [3.05, 3.63) is 18.5 Å². The molecule has 0 aromatic carbocycles. The summed E-state index contributed by atoms with van der Waals surface area (Å²) in [7, 11) is -1.08. The van der Waals surface area contributed by atoms with Crippen molar-refractivity contribution < 1.29 is 9.53 Å². The number of anilines is 1. The lowest BCUT2D eigenvalue weighted by Crippen LogP contribution is -2.47. The zero-order valence-corrected chi connectivity index (χ0v) is 17.4. The highest BCUT2D eigenvalue weighted by Gasteiger charge is 2.16. The number of aromatic nitrogens is 3. The predicted octanol–water partition coefficient (Wildman–Crippen LogP) is 2.62. The molecule has 0 saturated carbocycles. The highest BCUT2D eigenvalue weighted by atomic mass is 28.3. The Balaban J connectivity index is 1.54. The number of urea groups is 1. The number of piperidine rings is 1. The van der Waals surface area contributed by atoms with E-state index >= 15 is 0 Å². The minimum absolute atomic E-state index is 0.157. The standard InChI is InChI=1S/C18H30N6O2Si/c1-27(2,3)10-9-26-13-24-8-6-15-17(24)20-12-16(22-15)23-18(25)21-14-5-4-7-19-11-14/h6,8,12,14,19H,4-5,7,9-11,13H2,1-3H3,(H2,21,22,23,25)/t14-/m1/s1. The van der Waals surface area contributed by atoms with Gasteiger partial charge in [-0.3, -0.25) is 5.32 Å². The van der Waals surface area contributed by atoms with Gasteiger partial charge in [-0.15, -0.1) is 0 Å². The van der Waals surface area contributed by atoms with Crippen LogP contribution in [0.3, 0.4) is 0 Å². The fourth-order valence-electron chi connectivity index (χ4n) is 2.98. The van der Waals surface area contributed by atoms with E-state index in [-0.39, 0.29) is 12.1 Å². The van der Waals surface area contributed by atoms with Crippen LogP contribution in [0.5, 0.6) is 0 Å². The largest absolute Gasteiger partial charge is 0.361 e. The molecule has 0 spiro atoms. The van der Waals surface area contributed by atoms with Crippen molar-refractivity contribution in [1.29, 1.82) is 0 Å². The Morgan fingerprint density at radius 3 is 3.04 bits per heavy atom. The van der Waals surface area contributed by atoms with Crippen LogP contribution in [0.4, 0.5) is 10.6 Å². The topological polar surface area (TPSA) is 93.1 Å². The first kappa shape index (κ1) is 19.8. The molecule has 148 valence electrons. The number of hydrogen-bond acceptors (Lipinski definition) is 5. The average Bonchev–Trinajstić information content (AvgIpc) is 3.01. The lowest BCUT2D eigenvalue weighted by Gasteiger charge is -2.23. The van der Waals surface area contributed by atoms with Gasteiger partial charge < -0.3 is 19.9 Å². The summed E-state index contributed by atoms with van der Waals surface area (Å²) < 4.78 is 7.72. The fraction of sp³-hybridized carbons (Fsp3) is 0.611. The molecule has 3 heterocycles. The van der Waals surface area contributed by atoms with Crippen molar-refractivity contribution in [3.8, 4) is 0 Å². The van der Waals surface area contributed by atoms with Gasteiger partial charge in [0.05, 0.1) is 6.20 Å². The van der Waals surface area contributed by atoms with E-state index in [1.165, 1.54) is 0 Å². The molecule has 8 nitrogen and oxygen atoms in total. The van der Waals surface area contributed by atoms with E-state index in [1.54, 1.807) is 6.20 Å². The van der Waals surface area contributed by atoms with Crippen molar-refractivity contribution in [2.45, 2.75) is 51.3 Å². The molecule has 0 aliphatic carbocycles. The van der Waals surface area contributed by atoms with Crippen LogP contribution in [0.25, 0.3) is 11.2 Å². The van der Waals surface area contributed by atoms with Gasteiger partial charge in [0.25, 0.3) is 0 Å². The van der Waals surface area contributed by atoms with Gasteiger partial charge in [0.15, 0.2) is 11.5 Å². The molecule has 1 atom stereocenters. The first-order chi connectivity index (χ1) is 12.9. The van der Waals surface area contributed by atoms with E-state index in [0.717, 1.165) is 49.7 Å². The molecule has 2 aromatic heterocycles. The number of hydrogen-bond donors (Lipinski definition) is 3. The Bertz CT molecular complexity index is 767. The van der Waals surface area contributed by atoms with E-state index in [2.05, 4.69) is 45.6 Å². The van der Waals surface area contributed by atoms with Gasteiger partial charge in [-0.05, 0) is 31.5 Å². The minimum Gasteiger partial charge on any atom is -0.361 e. The molecule has 1 fully saturated rings. The summed E-state index contributed by atoms with van der Waals surface area (Å²) in [6.07, 6.45) is 5.56. The molecule has 3 rings (SSSR count). The normalized spacial score (nSPS) is 17.8. The van der Waals surface area contributed by atoms with Crippen molar-refractivity contribution in [3.63, 3.8) is 0 Å². The lowest BCUT2D eigenvalue weighted by atomic mass is 10.1. The van der Waals surface area contributed by atoms with E-state index in [0.29, 0.717) is 12.5 Å². The Morgan fingerprint density at radius 2 is 2.30 bits per heavy atom. The van der Waals surface area contributed by atoms with Crippen LogP contribution < -0.4 is 16.0 Å². The number of nitrogens with one attached hydrogen (secondary N) is 3. The van der Waals surface area contributed by atoms with E-state index in [1.807, 2.05) is 16.8 Å². The molecule has 1 saturated heterocycles. The molecule has 1 aliphatic rings. The van der Waals surface area contributed by atoms with Gasteiger partial charge in [-0.2, -0.15) is 0 Å². The summed E-state index contributed by atoms with van der Waals surface area (Å²) in [6.45, 7) is 10.1. The Kier molecular flexibility index (Phi) is 6.45. The van der Waals surface area contributed by atoms with Gasteiger partial charge in [0.2, 0.25) is 0 Å². The van der Waals surface area contributed by atoms with Crippen LogP contribution >= 0.6 is 0 Å². The second-order valence-corrected chi connectivity index (χ2v) is 13.9. The first-order valence-electron chi connectivity index (χ1n) is 9.59. The number of carbonyl (C=O) groups is 1. The summed E-state index contributed by atoms with van der Waals surface area (Å²) >= 11 is 0. The summed E-state index contributed by atoms with van der Waals surface area (Å²) in [5.74, 6) is 0.446. The maximum absolute atomic E-state index is 12.1. The van der Waals surface area contributed by atoms with Gasteiger partial charge in [0, 0.05) is 33.5 Å². The molecule has 0 radical (unpaired) electrons. The van der Waals surface area contributed by atoms with Gasteiger partial charge >= 0.3 is 6.03 Å². The van der Waals surface area contributed by atoms with Gasteiger partial charge in [0.1, 0.15) is 12.2 Å². The molecular formula is C18H30N6O2Si. The molecule has 3 N–H and O–H groups in total. The fourth-order valence-corrected chi connectivity index (χ4v) is 3.74. The minimum atomic E-state index is -1.08. The molecule has 1 aliphatic heterocycles. The third-order valence-corrected chi connectivity index (χ3v) is 6.27. The molecule has 9 heteroatoms. The second-order valence-electron chi connectivity index (χ2n) is 8.24. The van der Waals surface area contributed by atoms with Crippen LogP contribution in [0, 0.1) is 0 Å². The highest BCUT2D eigenvalue weighted by Crippen LogP contribution is 2.15. The summed E-state index contributed by atoms with van der Waals surface area (Å²) in [6, 6.07) is 2.94. The predicted molar refractivity (Wildman–Crippen MR) is 110 cm³/mol.